The summed E-state index contributed by atoms with van der Waals surface area (Å²) in [6.45, 7) is 0.508. The Bertz CT molecular complexity index is 760. The molecule has 3 rings (SSSR count). The predicted octanol–water partition coefficient (Wildman–Crippen LogP) is 2.92. The molecule has 0 fully saturated rings. The first-order valence-corrected chi connectivity index (χ1v) is 7.18. The van der Waals surface area contributed by atoms with Gasteiger partial charge in [-0.05, 0) is 36.2 Å². The van der Waals surface area contributed by atoms with Crippen molar-refractivity contribution in [1.29, 1.82) is 0 Å². The lowest BCUT2D eigenvalue weighted by Crippen LogP contribution is -2.25. The van der Waals surface area contributed by atoms with E-state index < -0.39 is 0 Å². The van der Waals surface area contributed by atoms with Gasteiger partial charge in [-0.25, -0.2) is 0 Å². The third-order valence-corrected chi connectivity index (χ3v) is 3.37. The first-order valence-electron chi connectivity index (χ1n) is 7.18. The average molecular weight is 312 g/mol. The lowest BCUT2D eigenvalue weighted by Gasteiger charge is -2.04. The van der Waals surface area contributed by atoms with E-state index in [0.29, 0.717) is 18.1 Å². The summed E-state index contributed by atoms with van der Waals surface area (Å²) in [5, 5.41) is 6.57. The van der Waals surface area contributed by atoms with E-state index in [1.54, 1.807) is 25.3 Å². The molecule has 1 N–H and O–H groups in total. The van der Waals surface area contributed by atoms with E-state index in [1.165, 1.54) is 6.26 Å². The molecule has 1 aromatic carbocycles. The molecule has 0 aliphatic heterocycles. The van der Waals surface area contributed by atoms with Gasteiger partial charge in [-0.2, -0.15) is 0 Å². The molecule has 118 valence electrons. The maximum atomic E-state index is 12.0. The van der Waals surface area contributed by atoms with E-state index in [0.717, 1.165) is 17.7 Å². The largest absolute Gasteiger partial charge is 0.497 e. The highest BCUT2D eigenvalue weighted by molar-refractivity contribution is 5.92. The van der Waals surface area contributed by atoms with Gasteiger partial charge >= 0.3 is 0 Å². The minimum atomic E-state index is -0.278. The highest BCUT2D eigenvalue weighted by Gasteiger charge is 2.14. The van der Waals surface area contributed by atoms with Crippen LogP contribution < -0.4 is 10.1 Å². The summed E-state index contributed by atoms with van der Waals surface area (Å²) < 4.78 is 15.4. The average Bonchev–Trinajstić information content (AvgIpc) is 3.26. The van der Waals surface area contributed by atoms with Crippen LogP contribution in [0.15, 0.2) is 57.7 Å². The second kappa shape index (κ2) is 6.83. The third kappa shape index (κ3) is 3.60. The van der Waals surface area contributed by atoms with Crippen LogP contribution in [0.5, 0.6) is 5.75 Å². The maximum Gasteiger partial charge on any atom is 0.273 e. The molecule has 0 aliphatic rings. The highest BCUT2D eigenvalue weighted by Crippen LogP contribution is 2.20. The smallest absolute Gasteiger partial charge is 0.273 e. The molecule has 0 radical (unpaired) electrons. The Balaban J connectivity index is 1.53. The van der Waals surface area contributed by atoms with Gasteiger partial charge in [-0.1, -0.05) is 17.3 Å². The molecule has 2 aromatic heterocycles. The summed E-state index contributed by atoms with van der Waals surface area (Å²) in [6.07, 6.45) is 2.26. The number of carbonyl (C=O) groups is 1. The molecule has 0 saturated heterocycles. The standard InChI is InChI=1S/C17H16N2O4/c1-21-13-6-4-12(5-7-13)8-9-18-17(20)14-11-16(23-19-14)15-3-2-10-22-15/h2-7,10-11H,8-9H2,1H3,(H,18,20). The van der Waals surface area contributed by atoms with Crippen molar-refractivity contribution in [3.8, 4) is 17.3 Å². The van der Waals surface area contributed by atoms with Gasteiger partial charge in [0.15, 0.2) is 11.5 Å². The molecule has 3 aromatic rings. The zero-order valence-electron chi connectivity index (χ0n) is 12.6. The van der Waals surface area contributed by atoms with Gasteiger partial charge in [0.25, 0.3) is 5.91 Å². The lowest BCUT2D eigenvalue weighted by atomic mass is 10.1. The minimum Gasteiger partial charge on any atom is -0.497 e. The fourth-order valence-electron chi connectivity index (χ4n) is 2.12. The minimum absolute atomic E-state index is 0.228. The monoisotopic (exact) mass is 312 g/mol. The number of hydrogen-bond acceptors (Lipinski definition) is 5. The van der Waals surface area contributed by atoms with Crippen LogP contribution in [0.1, 0.15) is 16.1 Å². The van der Waals surface area contributed by atoms with E-state index >= 15 is 0 Å². The zero-order valence-corrected chi connectivity index (χ0v) is 12.6. The second-order valence-electron chi connectivity index (χ2n) is 4.91. The fraction of sp³-hybridized carbons (Fsp3) is 0.176. The van der Waals surface area contributed by atoms with Crippen molar-refractivity contribution in [2.24, 2.45) is 0 Å². The SMILES string of the molecule is COc1ccc(CCNC(=O)c2cc(-c3ccco3)on2)cc1. The highest BCUT2D eigenvalue weighted by atomic mass is 16.5. The number of ether oxygens (including phenoxy) is 1. The molecule has 2 heterocycles. The van der Waals surface area contributed by atoms with Gasteiger partial charge in [0.05, 0.1) is 13.4 Å². The summed E-state index contributed by atoms with van der Waals surface area (Å²) >= 11 is 0. The molecule has 1 amide bonds. The van der Waals surface area contributed by atoms with Crippen LogP contribution in [-0.2, 0) is 6.42 Å². The Morgan fingerprint density at radius 2 is 2.04 bits per heavy atom. The first-order chi connectivity index (χ1) is 11.3. The number of nitrogens with one attached hydrogen (secondary N) is 1. The number of aromatic nitrogens is 1. The van der Waals surface area contributed by atoms with Crippen LogP contribution in [0.25, 0.3) is 11.5 Å². The normalized spacial score (nSPS) is 10.5. The Hall–Kier alpha value is -3.02. The summed E-state index contributed by atoms with van der Waals surface area (Å²) in [4.78, 5) is 12.0. The molecule has 0 aliphatic carbocycles. The number of rotatable bonds is 6. The van der Waals surface area contributed by atoms with Crippen molar-refractivity contribution in [3.63, 3.8) is 0 Å². The number of furan rings is 1. The Kier molecular flexibility index (Phi) is 4.42. The molecule has 0 saturated carbocycles. The van der Waals surface area contributed by atoms with Crippen LogP contribution in [0.2, 0.25) is 0 Å². The maximum absolute atomic E-state index is 12.0. The number of hydrogen-bond donors (Lipinski definition) is 1. The lowest BCUT2D eigenvalue weighted by molar-refractivity contribution is 0.0945. The molecule has 0 unspecified atom stereocenters. The van der Waals surface area contributed by atoms with Crippen LogP contribution in [0.4, 0.5) is 0 Å². The van der Waals surface area contributed by atoms with Gasteiger partial charge in [0.2, 0.25) is 5.76 Å². The summed E-state index contributed by atoms with van der Waals surface area (Å²) in [5.41, 5.74) is 1.34. The number of methoxy groups -OCH3 is 1. The molecule has 0 bridgehead atoms. The van der Waals surface area contributed by atoms with E-state index in [-0.39, 0.29) is 11.6 Å². The van der Waals surface area contributed by atoms with Crippen molar-refractivity contribution in [2.45, 2.75) is 6.42 Å². The van der Waals surface area contributed by atoms with Crippen molar-refractivity contribution in [1.82, 2.24) is 10.5 Å². The molecule has 0 atom stereocenters. The summed E-state index contributed by atoms with van der Waals surface area (Å²) in [7, 11) is 1.63. The molecule has 23 heavy (non-hydrogen) atoms. The zero-order chi connectivity index (χ0) is 16.1. The van der Waals surface area contributed by atoms with Gasteiger partial charge in [-0.15, -0.1) is 0 Å². The van der Waals surface area contributed by atoms with E-state index in [4.69, 9.17) is 13.7 Å². The summed E-state index contributed by atoms with van der Waals surface area (Å²) in [6, 6.07) is 12.8. The topological polar surface area (TPSA) is 77.5 Å². The van der Waals surface area contributed by atoms with Gasteiger partial charge in [0, 0.05) is 12.6 Å². The molecular weight excluding hydrogens is 296 g/mol. The quantitative estimate of drug-likeness (QED) is 0.757. The predicted molar refractivity (Wildman–Crippen MR) is 83.2 cm³/mol. The van der Waals surface area contributed by atoms with Crippen LogP contribution in [-0.4, -0.2) is 24.7 Å². The van der Waals surface area contributed by atoms with Crippen molar-refractivity contribution in [2.75, 3.05) is 13.7 Å². The number of carbonyl (C=O) groups excluding carboxylic acids is 1. The number of nitrogens with zero attached hydrogens (tertiary/aromatic N) is 1. The van der Waals surface area contributed by atoms with Crippen LogP contribution in [0.3, 0.4) is 0 Å². The first kappa shape index (κ1) is 14.9. The molecule has 6 nitrogen and oxygen atoms in total. The van der Waals surface area contributed by atoms with Gasteiger partial charge < -0.3 is 19.0 Å². The summed E-state index contributed by atoms with van der Waals surface area (Å²) in [5.74, 6) is 1.50. The Labute approximate surface area is 133 Å². The molecular formula is C17H16N2O4. The van der Waals surface area contributed by atoms with Crippen LogP contribution >= 0.6 is 0 Å². The van der Waals surface area contributed by atoms with Crippen molar-refractivity contribution in [3.05, 3.63) is 60.0 Å². The van der Waals surface area contributed by atoms with Crippen molar-refractivity contribution < 1.29 is 18.5 Å². The number of benzene rings is 1. The van der Waals surface area contributed by atoms with E-state index in [2.05, 4.69) is 10.5 Å². The van der Waals surface area contributed by atoms with E-state index in [9.17, 15) is 4.79 Å². The van der Waals surface area contributed by atoms with Gasteiger partial charge in [0.1, 0.15) is 5.75 Å². The third-order valence-electron chi connectivity index (χ3n) is 3.37. The van der Waals surface area contributed by atoms with Crippen molar-refractivity contribution >= 4 is 5.91 Å². The van der Waals surface area contributed by atoms with Crippen LogP contribution in [0, 0.1) is 0 Å². The van der Waals surface area contributed by atoms with Gasteiger partial charge in [-0.3, -0.25) is 4.79 Å². The number of amides is 1. The van der Waals surface area contributed by atoms with E-state index in [1.807, 2.05) is 24.3 Å². The molecule has 0 spiro atoms. The fourth-order valence-corrected chi connectivity index (χ4v) is 2.12. The second-order valence-corrected chi connectivity index (χ2v) is 4.91. The molecule has 6 heteroatoms. The Morgan fingerprint density at radius 3 is 2.74 bits per heavy atom. The Morgan fingerprint density at radius 1 is 1.22 bits per heavy atom.